The Hall–Kier alpha value is -1.23. The van der Waals surface area contributed by atoms with Gasteiger partial charge in [-0.05, 0) is 17.7 Å². The maximum atomic E-state index is 10.5. The minimum Gasteiger partial charge on any atom is -0.480 e. The van der Waals surface area contributed by atoms with Crippen LogP contribution in [-0.4, -0.2) is 17.1 Å². The second-order valence-electron chi connectivity index (χ2n) is 2.79. The molecule has 14 heavy (non-hydrogen) atoms. The fourth-order valence-corrected chi connectivity index (χ4v) is 1.28. The van der Waals surface area contributed by atoms with Gasteiger partial charge in [0, 0.05) is 10.9 Å². The summed E-state index contributed by atoms with van der Waals surface area (Å²) in [5.74, 6) is -1.19. The molecule has 0 spiro atoms. The molecule has 0 saturated heterocycles. The summed E-state index contributed by atoms with van der Waals surface area (Å²) in [5, 5.41) is 11.1. The number of nitroso groups, excluding NO2 is 1. The minimum absolute atomic E-state index is 0.131. The zero-order chi connectivity index (χ0) is 10.6. The third-order valence-corrected chi connectivity index (χ3v) is 2.28. The molecule has 1 rings (SSSR count). The summed E-state index contributed by atoms with van der Waals surface area (Å²) in [5.41, 5.74) is 0.778. The maximum Gasteiger partial charge on any atom is 0.332 e. The van der Waals surface area contributed by atoms with Gasteiger partial charge in [0.15, 0.2) is 6.04 Å². The van der Waals surface area contributed by atoms with Gasteiger partial charge in [0.1, 0.15) is 0 Å². The van der Waals surface area contributed by atoms with Crippen molar-refractivity contribution in [3.8, 4) is 0 Å². The van der Waals surface area contributed by atoms with Gasteiger partial charge < -0.3 is 5.11 Å². The molecule has 1 aromatic carbocycles. The van der Waals surface area contributed by atoms with E-state index in [-0.39, 0.29) is 6.42 Å². The average Bonchev–Trinajstić information content (AvgIpc) is 2.16. The van der Waals surface area contributed by atoms with Crippen LogP contribution in [0.2, 0.25) is 0 Å². The lowest BCUT2D eigenvalue weighted by Crippen LogP contribution is -2.19. The van der Waals surface area contributed by atoms with E-state index in [2.05, 4.69) is 21.1 Å². The number of rotatable bonds is 4. The number of hydrogen-bond acceptors (Lipinski definition) is 3. The Bertz CT molecular complexity index is 336. The van der Waals surface area contributed by atoms with Crippen molar-refractivity contribution in [3.63, 3.8) is 0 Å². The van der Waals surface area contributed by atoms with Gasteiger partial charge in [0.05, 0.1) is 0 Å². The molecule has 0 bridgehead atoms. The van der Waals surface area contributed by atoms with E-state index in [4.69, 9.17) is 5.11 Å². The van der Waals surface area contributed by atoms with E-state index in [1.54, 1.807) is 24.3 Å². The Morgan fingerprint density at radius 2 is 2.00 bits per heavy atom. The zero-order valence-electron chi connectivity index (χ0n) is 7.18. The second kappa shape index (κ2) is 4.85. The number of carbonyl (C=O) groups is 1. The molecule has 0 heterocycles. The molecule has 0 aliphatic carbocycles. The summed E-state index contributed by atoms with van der Waals surface area (Å²) >= 11 is 3.26. The molecule has 0 aliphatic rings. The molecule has 0 amide bonds. The summed E-state index contributed by atoms with van der Waals surface area (Å²) in [6, 6.07) is 5.89. The van der Waals surface area contributed by atoms with Crippen molar-refractivity contribution in [1.82, 2.24) is 0 Å². The SMILES string of the molecule is O=NC(Cc1ccc(Br)cc1)C(=O)O. The lowest BCUT2D eigenvalue weighted by Gasteiger charge is -2.03. The molecule has 1 aromatic rings. The average molecular weight is 258 g/mol. The van der Waals surface area contributed by atoms with E-state index >= 15 is 0 Å². The second-order valence-corrected chi connectivity index (χ2v) is 3.71. The van der Waals surface area contributed by atoms with E-state index in [9.17, 15) is 9.70 Å². The van der Waals surface area contributed by atoms with Gasteiger partial charge >= 0.3 is 5.97 Å². The monoisotopic (exact) mass is 257 g/mol. The fraction of sp³-hybridized carbons (Fsp3) is 0.222. The zero-order valence-corrected chi connectivity index (χ0v) is 8.77. The molecule has 1 atom stereocenters. The van der Waals surface area contributed by atoms with Gasteiger partial charge in [-0.25, -0.2) is 4.79 Å². The molecule has 0 saturated carbocycles. The molecular weight excluding hydrogens is 250 g/mol. The molecule has 4 nitrogen and oxygen atoms in total. The highest BCUT2D eigenvalue weighted by Gasteiger charge is 2.17. The predicted molar refractivity (Wildman–Crippen MR) is 55.1 cm³/mol. The molecule has 5 heteroatoms. The summed E-state index contributed by atoms with van der Waals surface area (Å²) in [6.07, 6.45) is 0.131. The largest absolute Gasteiger partial charge is 0.480 e. The molecule has 1 unspecified atom stereocenters. The van der Waals surface area contributed by atoms with Crippen LogP contribution in [0.5, 0.6) is 0 Å². The Labute approximate surface area is 89.0 Å². The Morgan fingerprint density at radius 3 is 2.43 bits per heavy atom. The number of aliphatic carboxylic acids is 1. The molecule has 74 valence electrons. The van der Waals surface area contributed by atoms with Crippen LogP contribution in [0.15, 0.2) is 33.9 Å². The summed E-state index contributed by atoms with van der Waals surface area (Å²) < 4.78 is 0.909. The van der Waals surface area contributed by atoms with Gasteiger partial charge in [0.2, 0.25) is 0 Å². The first-order chi connectivity index (χ1) is 6.63. The van der Waals surface area contributed by atoms with Gasteiger partial charge in [-0.1, -0.05) is 33.2 Å². The Kier molecular flexibility index (Phi) is 3.76. The van der Waals surface area contributed by atoms with Gasteiger partial charge in [-0.3, -0.25) is 0 Å². The third kappa shape index (κ3) is 2.92. The smallest absolute Gasteiger partial charge is 0.332 e. The van der Waals surface area contributed by atoms with Gasteiger partial charge in [0.25, 0.3) is 0 Å². The highest BCUT2D eigenvalue weighted by molar-refractivity contribution is 9.10. The van der Waals surface area contributed by atoms with Crippen LogP contribution in [0.25, 0.3) is 0 Å². The van der Waals surface area contributed by atoms with E-state index in [1.807, 2.05) is 0 Å². The summed E-state index contributed by atoms with van der Waals surface area (Å²) in [6.45, 7) is 0. The Balaban J connectivity index is 2.72. The first-order valence-corrected chi connectivity index (χ1v) is 4.72. The first-order valence-electron chi connectivity index (χ1n) is 3.93. The molecule has 0 aromatic heterocycles. The van der Waals surface area contributed by atoms with E-state index in [0.717, 1.165) is 10.0 Å². The van der Waals surface area contributed by atoms with Crippen LogP contribution in [-0.2, 0) is 11.2 Å². The van der Waals surface area contributed by atoms with Crippen LogP contribution in [0.3, 0.4) is 0 Å². The van der Waals surface area contributed by atoms with Crippen LogP contribution in [0, 0.1) is 4.91 Å². The van der Waals surface area contributed by atoms with Crippen molar-refractivity contribution in [2.24, 2.45) is 5.18 Å². The number of carboxylic acids is 1. The Morgan fingerprint density at radius 1 is 1.43 bits per heavy atom. The van der Waals surface area contributed by atoms with Crippen molar-refractivity contribution in [2.75, 3.05) is 0 Å². The van der Waals surface area contributed by atoms with Crippen LogP contribution >= 0.6 is 15.9 Å². The molecule has 0 radical (unpaired) electrons. The van der Waals surface area contributed by atoms with Crippen molar-refractivity contribution < 1.29 is 9.90 Å². The molecular formula is C9H8BrNO3. The van der Waals surface area contributed by atoms with Crippen LogP contribution < -0.4 is 0 Å². The third-order valence-electron chi connectivity index (χ3n) is 1.75. The van der Waals surface area contributed by atoms with Crippen molar-refractivity contribution >= 4 is 21.9 Å². The van der Waals surface area contributed by atoms with Crippen molar-refractivity contribution in [1.29, 1.82) is 0 Å². The molecule has 0 fully saturated rings. The van der Waals surface area contributed by atoms with Crippen LogP contribution in [0.4, 0.5) is 0 Å². The number of hydrogen-bond donors (Lipinski definition) is 1. The lowest BCUT2D eigenvalue weighted by atomic mass is 10.1. The molecule has 1 N–H and O–H groups in total. The minimum atomic E-state index is -1.20. The van der Waals surface area contributed by atoms with Gasteiger partial charge in [-0.15, -0.1) is 4.91 Å². The molecule has 0 aliphatic heterocycles. The maximum absolute atomic E-state index is 10.5. The fourth-order valence-electron chi connectivity index (χ4n) is 1.01. The van der Waals surface area contributed by atoms with Gasteiger partial charge in [-0.2, -0.15) is 0 Å². The quantitative estimate of drug-likeness (QED) is 0.842. The highest BCUT2D eigenvalue weighted by Crippen LogP contribution is 2.12. The van der Waals surface area contributed by atoms with E-state index in [0.29, 0.717) is 0 Å². The van der Waals surface area contributed by atoms with Crippen LogP contribution in [0.1, 0.15) is 5.56 Å². The summed E-state index contributed by atoms with van der Waals surface area (Å²) in [4.78, 5) is 20.7. The summed E-state index contributed by atoms with van der Waals surface area (Å²) in [7, 11) is 0. The van der Waals surface area contributed by atoms with Crippen molar-refractivity contribution in [3.05, 3.63) is 39.2 Å². The normalized spacial score (nSPS) is 12.1. The standard InChI is InChI=1S/C9H8BrNO3/c10-7-3-1-6(2-4-7)5-8(11-14)9(12)13/h1-4,8H,5H2,(H,12,13). The topological polar surface area (TPSA) is 66.7 Å². The first kappa shape index (κ1) is 10.8. The number of benzene rings is 1. The van der Waals surface area contributed by atoms with E-state index < -0.39 is 12.0 Å². The van der Waals surface area contributed by atoms with Crippen molar-refractivity contribution in [2.45, 2.75) is 12.5 Å². The number of carboxylic acid groups (broad SMARTS) is 1. The lowest BCUT2D eigenvalue weighted by molar-refractivity contribution is -0.138. The number of nitrogens with zero attached hydrogens (tertiary/aromatic N) is 1. The van der Waals surface area contributed by atoms with E-state index in [1.165, 1.54) is 0 Å². The predicted octanol–water partition coefficient (Wildman–Crippen LogP) is 2.21. The highest BCUT2D eigenvalue weighted by atomic mass is 79.9. The number of halogens is 1.